The Morgan fingerprint density at radius 2 is 1.72 bits per heavy atom. The lowest BCUT2D eigenvalue weighted by Gasteiger charge is -2.25. The van der Waals surface area contributed by atoms with Crippen molar-refractivity contribution in [1.82, 2.24) is 14.7 Å². The smallest absolute Gasteiger partial charge is 0.257 e. The second-order valence-electron chi connectivity index (χ2n) is 6.16. The molecule has 3 aromatic rings. The molecule has 4 heteroatoms. The predicted molar refractivity (Wildman–Crippen MR) is 100 cm³/mol. The molecular weight excluding hydrogens is 310 g/mol. The highest BCUT2D eigenvalue weighted by Crippen LogP contribution is 2.25. The second-order valence-corrected chi connectivity index (χ2v) is 6.16. The van der Waals surface area contributed by atoms with Gasteiger partial charge in [0.2, 0.25) is 0 Å². The molecule has 0 saturated heterocycles. The summed E-state index contributed by atoms with van der Waals surface area (Å²) in [7, 11) is 1.83. The number of hydrogen-bond donors (Lipinski definition) is 0. The molecule has 0 fully saturated rings. The van der Waals surface area contributed by atoms with Crippen LogP contribution in [0.15, 0.2) is 67.0 Å². The Kier molecular flexibility index (Phi) is 4.98. The number of nitrogens with zero attached hydrogens (tertiary/aromatic N) is 3. The Labute approximate surface area is 148 Å². The van der Waals surface area contributed by atoms with Gasteiger partial charge in [0.15, 0.2) is 0 Å². The lowest BCUT2D eigenvalue weighted by molar-refractivity contribution is 0.0742. The summed E-state index contributed by atoms with van der Waals surface area (Å²) in [5.41, 5.74) is 4.10. The number of amides is 1. The number of hydrogen-bond acceptors (Lipinski definition) is 2. The Bertz CT molecular complexity index is 837. The van der Waals surface area contributed by atoms with Crippen LogP contribution in [0, 0.1) is 0 Å². The van der Waals surface area contributed by atoms with Crippen LogP contribution in [0.3, 0.4) is 0 Å². The fourth-order valence-electron chi connectivity index (χ4n) is 2.83. The van der Waals surface area contributed by atoms with Gasteiger partial charge in [0, 0.05) is 19.8 Å². The van der Waals surface area contributed by atoms with E-state index in [9.17, 15) is 4.79 Å². The zero-order valence-electron chi connectivity index (χ0n) is 14.9. The largest absolute Gasteiger partial charge is 0.335 e. The summed E-state index contributed by atoms with van der Waals surface area (Å²) in [5.74, 6) is -0.0145. The lowest BCUT2D eigenvalue weighted by Crippen LogP contribution is -2.29. The van der Waals surface area contributed by atoms with E-state index < -0.39 is 0 Å². The monoisotopic (exact) mass is 333 g/mol. The Balaban J connectivity index is 1.75. The molecule has 1 aromatic heterocycles. The van der Waals surface area contributed by atoms with Gasteiger partial charge in [-0.15, -0.1) is 0 Å². The molecule has 0 aliphatic rings. The molecular formula is C21H23N3O. The van der Waals surface area contributed by atoms with Gasteiger partial charge >= 0.3 is 0 Å². The summed E-state index contributed by atoms with van der Waals surface area (Å²) < 4.78 is 1.76. The summed E-state index contributed by atoms with van der Waals surface area (Å²) in [4.78, 5) is 14.4. The van der Waals surface area contributed by atoms with Crippen LogP contribution >= 0.6 is 0 Å². The van der Waals surface area contributed by atoms with Gasteiger partial charge in [-0.3, -0.25) is 9.48 Å². The maximum absolute atomic E-state index is 12.6. The van der Waals surface area contributed by atoms with E-state index in [0.717, 1.165) is 12.1 Å². The topological polar surface area (TPSA) is 38.1 Å². The molecule has 25 heavy (non-hydrogen) atoms. The molecule has 0 spiro atoms. The van der Waals surface area contributed by atoms with Crippen LogP contribution in [0.5, 0.6) is 0 Å². The molecule has 0 aliphatic carbocycles. The van der Waals surface area contributed by atoms with Crippen molar-refractivity contribution in [3.8, 4) is 11.1 Å². The molecule has 0 radical (unpaired) electrons. The van der Waals surface area contributed by atoms with Crippen LogP contribution < -0.4 is 0 Å². The second kappa shape index (κ2) is 7.34. The third-order valence-corrected chi connectivity index (χ3v) is 4.61. The maximum Gasteiger partial charge on any atom is 0.257 e. The van der Waals surface area contributed by atoms with Crippen LogP contribution in [0.2, 0.25) is 0 Å². The minimum Gasteiger partial charge on any atom is -0.335 e. The molecule has 0 aliphatic heterocycles. The van der Waals surface area contributed by atoms with E-state index in [1.165, 1.54) is 11.1 Å². The average Bonchev–Trinajstić information content (AvgIpc) is 3.16. The number of aryl methyl sites for hydroxylation is 1. The van der Waals surface area contributed by atoms with E-state index in [4.69, 9.17) is 0 Å². The van der Waals surface area contributed by atoms with Crippen LogP contribution in [-0.4, -0.2) is 27.6 Å². The predicted octanol–water partition coefficient (Wildman–Crippen LogP) is 4.40. The summed E-state index contributed by atoms with van der Waals surface area (Å²) >= 11 is 0. The van der Waals surface area contributed by atoms with Crippen molar-refractivity contribution in [3.05, 3.63) is 78.1 Å². The van der Waals surface area contributed by atoms with Crippen molar-refractivity contribution in [2.45, 2.75) is 26.4 Å². The van der Waals surface area contributed by atoms with Crippen LogP contribution in [0.1, 0.15) is 35.8 Å². The third-order valence-electron chi connectivity index (χ3n) is 4.61. The van der Waals surface area contributed by atoms with Gasteiger partial charge < -0.3 is 4.90 Å². The standard InChI is InChI=1S/C21H23N3O/c1-4-24-15-20(14-22-24)21(25)23(3)16(2)17-10-12-19(13-11-17)18-8-6-5-7-9-18/h5-16H,4H2,1-3H3/t16-/m1/s1. The first-order valence-electron chi connectivity index (χ1n) is 8.55. The van der Waals surface area contributed by atoms with E-state index in [1.54, 1.807) is 22.0 Å². The van der Waals surface area contributed by atoms with E-state index in [2.05, 4.69) is 41.5 Å². The number of rotatable bonds is 5. The van der Waals surface area contributed by atoms with Crippen molar-refractivity contribution in [2.24, 2.45) is 0 Å². The van der Waals surface area contributed by atoms with Crippen molar-refractivity contribution >= 4 is 5.91 Å². The van der Waals surface area contributed by atoms with Gasteiger partial charge in [0.25, 0.3) is 5.91 Å². The minimum atomic E-state index is -0.0145. The van der Waals surface area contributed by atoms with Gasteiger partial charge in [-0.05, 0) is 30.5 Å². The molecule has 0 saturated carbocycles. The van der Waals surface area contributed by atoms with Gasteiger partial charge in [-0.1, -0.05) is 54.6 Å². The molecule has 3 rings (SSSR count). The van der Waals surface area contributed by atoms with E-state index in [0.29, 0.717) is 5.56 Å². The van der Waals surface area contributed by atoms with Crippen molar-refractivity contribution in [2.75, 3.05) is 7.05 Å². The van der Waals surface area contributed by atoms with E-state index in [1.807, 2.05) is 39.1 Å². The molecule has 0 bridgehead atoms. The highest BCUT2D eigenvalue weighted by molar-refractivity contribution is 5.93. The fourth-order valence-corrected chi connectivity index (χ4v) is 2.83. The van der Waals surface area contributed by atoms with Gasteiger partial charge in [-0.2, -0.15) is 5.10 Å². The molecule has 0 unspecified atom stereocenters. The minimum absolute atomic E-state index is 0.0118. The molecule has 128 valence electrons. The van der Waals surface area contributed by atoms with Crippen molar-refractivity contribution in [3.63, 3.8) is 0 Å². The molecule has 1 heterocycles. The molecule has 1 atom stereocenters. The SMILES string of the molecule is CCn1cc(C(=O)N(C)[C@H](C)c2ccc(-c3ccccc3)cc2)cn1. The Morgan fingerprint density at radius 1 is 1.08 bits per heavy atom. The first kappa shape index (κ1) is 17.0. The molecule has 1 amide bonds. The van der Waals surface area contributed by atoms with E-state index in [-0.39, 0.29) is 11.9 Å². The lowest BCUT2D eigenvalue weighted by atomic mass is 10.0. The Hall–Kier alpha value is -2.88. The maximum atomic E-state index is 12.6. The highest BCUT2D eigenvalue weighted by atomic mass is 16.2. The van der Waals surface area contributed by atoms with Gasteiger partial charge in [-0.25, -0.2) is 0 Å². The van der Waals surface area contributed by atoms with Crippen LogP contribution in [0.4, 0.5) is 0 Å². The van der Waals surface area contributed by atoms with Gasteiger partial charge in [0.1, 0.15) is 0 Å². The summed E-state index contributed by atoms with van der Waals surface area (Å²) in [6.07, 6.45) is 3.43. The first-order valence-corrected chi connectivity index (χ1v) is 8.55. The highest BCUT2D eigenvalue weighted by Gasteiger charge is 2.20. The summed E-state index contributed by atoms with van der Waals surface area (Å²) in [6.45, 7) is 4.80. The van der Waals surface area contributed by atoms with Crippen molar-refractivity contribution < 1.29 is 4.79 Å². The Morgan fingerprint density at radius 3 is 2.32 bits per heavy atom. The number of carbonyl (C=O) groups is 1. The van der Waals surface area contributed by atoms with Gasteiger partial charge in [0.05, 0.1) is 17.8 Å². The zero-order valence-corrected chi connectivity index (χ0v) is 14.9. The van der Waals surface area contributed by atoms with Crippen LogP contribution in [-0.2, 0) is 6.54 Å². The number of carbonyl (C=O) groups excluding carboxylic acids is 1. The molecule has 4 nitrogen and oxygen atoms in total. The summed E-state index contributed by atoms with van der Waals surface area (Å²) in [6, 6.07) is 18.7. The van der Waals surface area contributed by atoms with E-state index >= 15 is 0 Å². The van der Waals surface area contributed by atoms with Crippen molar-refractivity contribution in [1.29, 1.82) is 0 Å². The third kappa shape index (κ3) is 3.63. The average molecular weight is 333 g/mol. The summed E-state index contributed by atoms with van der Waals surface area (Å²) in [5, 5.41) is 4.18. The first-order chi connectivity index (χ1) is 12.1. The normalized spacial score (nSPS) is 12.0. The van der Waals surface area contributed by atoms with Crippen LogP contribution in [0.25, 0.3) is 11.1 Å². The number of benzene rings is 2. The molecule has 0 N–H and O–H groups in total. The molecule has 2 aromatic carbocycles. The fraction of sp³-hybridized carbons (Fsp3) is 0.238. The zero-order chi connectivity index (χ0) is 17.8. The quantitative estimate of drug-likeness (QED) is 0.694. The number of aromatic nitrogens is 2.